The largest absolute Gasteiger partial charge is 0.466 e. The number of rotatable bonds is 5. The highest BCUT2D eigenvalue weighted by Crippen LogP contribution is 2.31. The van der Waals surface area contributed by atoms with Crippen molar-refractivity contribution in [1.82, 2.24) is 19.5 Å². The molecule has 3 heterocycles. The van der Waals surface area contributed by atoms with Crippen molar-refractivity contribution in [3.05, 3.63) is 41.1 Å². The number of nitrogens with one attached hydrogen (secondary N) is 1. The van der Waals surface area contributed by atoms with Crippen molar-refractivity contribution in [2.45, 2.75) is 25.2 Å². The minimum absolute atomic E-state index is 0.171. The summed E-state index contributed by atoms with van der Waals surface area (Å²) in [4.78, 5) is 19.1. The highest BCUT2D eigenvalue weighted by Gasteiger charge is 2.27. The van der Waals surface area contributed by atoms with Gasteiger partial charge in [-0.1, -0.05) is 0 Å². The Bertz CT molecular complexity index is 1270. The first-order valence-electron chi connectivity index (χ1n) is 9.52. The number of ether oxygens (including phenoxy) is 1. The van der Waals surface area contributed by atoms with E-state index in [0.29, 0.717) is 30.2 Å². The van der Waals surface area contributed by atoms with Gasteiger partial charge in [0.15, 0.2) is 12.3 Å². The molecule has 3 aromatic rings. The maximum absolute atomic E-state index is 12.8. The minimum Gasteiger partial charge on any atom is -0.466 e. The van der Waals surface area contributed by atoms with Gasteiger partial charge in [-0.25, -0.2) is 22.8 Å². The average molecular weight is 430 g/mol. The second-order valence-corrected chi connectivity index (χ2v) is 9.18. The van der Waals surface area contributed by atoms with Gasteiger partial charge in [0, 0.05) is 25.0 Å². The third-order valence-corrected chi connectivity index (χ3v) is 6.66. The SMILES string of the molecule is CNS(=O)(=O)c1ccc2c(c1)CCN2C(=O)COc1nn(C)c2nc(C)cc(C)c12. The molecule has 0 radical (unpaired) electrons. The van der Waals surface area contributed by atoms with E-state index in [4.69, 9.17) is 4.74 Å². The van der Waals surface area contributed by atoms with Crippen molar-refractivity contribution >= 4 is 32.7 Å². The van der Waals surface area contributed by atoms with Crippen molar-refractivity contribution in [3.63, 3.8) is 0 Å². The second kappa shape index (κ2) is 7.37. The van der Waals surface area contributed by atoms with Crippen LogP contribution >= 0.6 is 0 Å². The summed E-state index contributed by atoms with van der Waals surface area (Å²) in [6.45, 7) is 4.18. The molecular weight excluding hydrogens is 406 g/mol. The van der Waals surface area contributed by atoms with Crippen molar-refractivity contribution < 1.29 is 17.9 Å². The lowest BCUT2D eigenvalue weighted by atomic mass is 10.2. The number of aryl methyl sites for hydroxylation is 3. The number of amides is 1. The smallest absolute Gasteiger partial charge is 0.264 e. The van der Waals surface area contributed by atoms with Crippen LogP contribution in [0.25, 0.3) is 11.0 Å². The van der Waals surface area contributed by atoms with Crippen molar-refractivity contribution in [2.24, 2.45) is 7.05 Å². The Hall–Kier alpha value is -2.98. The molecular formula is C20H23N5O4S. The Morgan fingerprint density at radius 1 is 1.27 bits per heavy atom. The number of benzene rings is 1. The lowest BCUT2D eigenvalue weighted by Crippen LogP contribution is -2.33. The molecule has 1 aromatic carbocycles. The van der Waals surface area contributed by atoms with Crippen molar-refractivity contribution in [1.29, 1.82) is 0 Å². The highest BCUT2D eigenvalue weighted by atomic mass is 32.2. The van der Waals surface area contributed by atoms with E-state index in [1.165, 1.54) is 13.1 Å². The first-order valence-corrected chi connectivity index (χ1v) is 11.0. The monoisotopic (exact) mass is 429 g/mol. The molecule has 1 N–H and O–H groups in total. The second-order valence-electron chi connectivity index (χ2n) is 7.29. The van der Waals surface area contributed by atoms with Crippen LogP contribution in [-0.2, 0) is 28.3 Å². The number of fused-ring (bicyclic) bond motifs is 2. The van der Waals surface area contributed by atoms with E-state index >= 15 is 0 Å². The first kappa shape index (κ1) is 20.3. The average Bonchev–Trinajstić information content (AvgIpc) is 3.27. The summed E-state index contributed by atoms with van der Waals surface area (Å²) >= 11 is 0. The van der Waals surface area contributed by atoms with E-state index in [1.54, 1.807) is 28.8 Å². The van der Waals surface area contributed by atoms with Gasteiger partial charge >= 0.3 is 0 Å². The van der Waals surface area contributed by atoms with E-state index in [-0.39, 0.29) is 17.4 Å². The Kier molecular flexibility index (Phi) is 4.99. The summed E-state index contributed by atoms with van der Waals surface area (Å²) in [5.41, 5.74) is 4.10. The third kappa shape index (κ3) is 3.41. The maximum Gasteiger partial charge on any atom is 0.264 e. The molecule has 0 fully saturated rings. The molecule has 1 aliphatic heterocycles. The Labute approximate surface area is 174 Å². The van der Waals surface area contributed by atoms with Crippen LogP contribution < -0.4 is 14.4 Å². The molecule has 0 unspecified atom stereocenters. The molecule has 4 rings (SSSR count). The molecule has 10 heteroatoms. The van der Waals surface area contributed by atoms with E-state index in [0.717, 1.165) is 22.2 Å². The minimum atomic E-state index is -3.52. The Balaban J connectivity index is 1.54. The first-order chi connectivity index (χ1) is 14.2. The molecule has 2 aromatic heterocycles. The summed E-state index contributed by atoms with van der Waals surface area (Å²) in [5, 5.41) is 5.16. The molecule has 1 aliphatic rings. The van der Waals surface area contributed by atoms with E-state index in [1.807, 2.05) is 19.9 Å². The predicted molar refractivity (Wildman–Crippen MR) is 112 cm³/mol. The number of nitrogens with zero attached hydrogens (tertiary/aromatic N) is 4. The van der Waals surface area contributed by atoms with E-state index in [9.17, 15) is 13.2 Å². The van der Waals surface area contributed by atoms with Crippen LogP contribution in [0, 0.1) is 13.8 Å². The molecule has 0 saturated heterocycles. The van der Waals surface area contributed by atoms with Crippen LogP contribution in [0.3, 0.4) is 0 Å². The highest BCUT2D eigenvalue weighted by molar-refractivity contribution is 7.89. The summed E-state index contributed by atoms with van der Waals surface area (Å²) in [7, 11) is -0.365. The molecule has 1 amide bonds. The number of pyridine rings is 1. The quantitative estimate of drug-likeness (QED) is 0.658. The fraction of sp³-hybridized carbons (Fsp3) is 0.350. The lowest BCUT2D eigenvalue weighted by Gasteiger charge is -2.17. The molecule has 30 heavy (non-hydrogen) atoms. The summed E-state index contributed by atoms with van der Waals surface area (Å²) < 4.78 is 33.7. The van der Waals surface area contributed by atoms with Gasteiger partial charge in [0.25, 0.3) is 5.91 Å². The number of carbonyl (C=O) groups is 1. The normalized spacial score (nSPS) is 13.7. The maximum atomic E-state index is 12.8. The third-order valence-electron chi connectivity index (χ3n) is 5.25. The number of sulfonamides is 1. The molecule has 0 atom stereocenters. The molecule has 0 spiro atoms. The zero-order chi connectivity index (χ0) is 21.6. The van der Waals surface area contributed by atoms with Gasteiger partial charge in [-0.2, -0.15) is 0 Å². The Morgan fingerprint density at radius 2 is 2.03 bits per heavy atom. The van der Waals surface area contributed by atoms with Gasteiger partial charge in [0.2, 0.25) is 15.9 Å². The van der Waals surface area contributed by atoms with Gasteiger partial charge in [-0.05, 0) is 62.7 Å². The number of hydrogen-bond donors (Lipinski definition) is 1. The van der Waals surface area contributed by atoms with Crippen LogP contribution in [0.5, 0.6) is 5.88 Å². The van der Waals surface area contributed by atoms with Gasteiger partial charge in [-0.15, -0.1) is 5.10 Å². The van der Waals surface area contributed by atoms with Crippen LogP contribution in [-0.4, -0.2) is 49.3 Å². The molecule has 158 valence electrons. The molecule has 0 aliphatic carbocycles. The zero-order valence-corrected chi connectivity index (χ0v) is 18.1. The van der Waals surface area contributed by atoms with Crippen LogP contribution in [0.1, 0.15) is 16.8 Å². The van der Waals surface area contributed by atoms with E-state index < -0.39 is 10.0 Å². The number of anilines is 1. The standard InChI is InChI=1S/C20H23N5O4S/c1-12-9-13(2)22-19-18(12)20(23-24(19)4)29-11-17(26)25-8-7-14-10-15(5-6-16(14)25)30(27,28)21-3/h5-6,9-10,21H,7-8,11H2,1-4H3. The van der Waals surface area contributed by atoms with Crippen LogP contribution in [0.15, 0.2) is 29.2 Å². The molecule has 9 nitrogen and oxygen atoms in total. The zero-order valence-electron chi connectivity index (χ0n) is 17.3. The number of aromatic nitrogens is 3. The van der Waals surface area contributed by atoms with Gasteiger partial charge in [0.05, 0.1) is 10.3 Å². The number of hydrogen-bond acceptors (Lipinski definition) is 6. The summed E-state index contributed by atoms with van der Waals surface area (Å²) in [6, 6.07) is 6.73. The van der Waals surface area contributed by atoms with Crippen LogP contribution in [0.2, 0.25) is 0 Å². The molecule has 0 bridgehead atoms. The number of carbonyl (C=O) groups excluding carboxylic acids is 1. The topological polar surface area (TPSA) is 106 Å². The summed E-state index contributed by atoms with van der Waals surface area (Å²) in [6.07, 6.45) is 0.586. The fourth-order valence-corrected chi connectivity index (χ4v) is 4.56. The van der Waals surface area contributed by atoms with Gasteiger partial charge < -0.3 is 9.64 Å². The van der Waals surface area contributed by atoms with E-state index in [2.05, 4.69) is 14.8 Å². The van der Waals surface area contributed by atoms with Crippen molar-refractivity contribution in [3.8, 4) is 5.88 Å². The predicted octanol–water partition coefficient (Wildman–Crippen LogP) is 1.46. The van der Waals surface area contributed by atoms with Gasteiger partial charge in [0.1, 0.15) is 0 Å². The molecule has 0 saturated carbocycles. The summed E-state index contributed by atoms with van der Waals surface area (Å²) in [5.74, 6) is 0.162. The van der Waals surface area contributed by atoms with Gasteiger partial charge in [-0.3, -0.25) is 4.79 Å². The van der Waals surface area contributed by atoms with Crippen molar-refractivity contribution in [2.75, 3.05) is 25.1 Å². The van der Waals surface area contributed by atoms with Crippen LogP contribution in [0.4, 0.5) is 5.69 Å². The fourth-order valence-electron chi connectivity index (χ4n) is 3.78. The lowest BCUT2D eigenvalue weighted by molar-refractivity contribution is -0.120. The Morgan fingerprint density at radius 3 is 2.77 bits per heavy atom.